The molecule has 0 heterocycles. The van der Waals surface area contributed by atoms with Gasteiger partial charge < -0.3 is 5.32 Å². The van der Waals surface area contributed by atoms with Crippen LogP contribution >= 0.6 is 0 Å². The molecule has 0 atom stereocenters. The van der Waals surface area contributed by atoms with E-state index in [1.807, 2.05) is 0 Å². The van der Waals surface area contributed by atoms with Gasteiger partial charge in [0.1, 0.15) is 0 Å². The summed E-state index contributed by atoms with van der Waals surface area (Å²) < 4.78 is 0. The quantitative estimate of drug-likeness (QED) is 0.296. The van der Waals surface area contributed by atoms with Crippen LogP contribution in [0.4, 0.5) is 11.4 Å². The van der Waals surface area contributed by atoms with Crippen molar-refractivity contribution < 1.29 is 0 Å². The summed E-state index contributed by atoms with van der Waals surface area (Å²) >= 11 is 0. The number of hydrogen-bond donors (Lipinski definition) is 1. The van der Waals surface area contributed by atoms with E-state index in [1.165, 1.54) is 44.5 Å². The number of nitrogens with one attached hydrogen (secondary N) is 1. The Kier molecular flexibility index (Phi) is 4.85. The van der Waals surface area contributed by atoms with Gasteiger partial charge in [0.15, 0.2) is 0 Å². The van der Waals surface area contributed by atoms with E-state index in [9.17, 15) is 0 Å². The smallest absolute Gasteiger partial charge is 0.0390 e. The second kappa shape index (κ2) is 8.04. The molecule has 34 heavy (non-hydrogen) atoms. The summed E-state index contributed by atoms with van der Waals surface area (Å²) in [5.74, 6) is 0. The Bertz CT molecular complexity index is 1490. The minimum absolute atomic E-state index is 0.00960. The predicted octanol–water partition coefficient (Wildman–Crippen LogP) is 9.07. The van der Waals surface area contributed by atoms with Crippen molar-refractivity contribution >= 4 is 11.4 Å². The molecule has 0 aromatic heterocycles. The maximum Gasteiger partial charge on any atom is 0.0390 e. The van der Waals surface area contributed by atoms with Crippen molar-refractivity contribution in [2.45, 2.75) is 19.3 Å². The Morgan fingerprint density at radius 3 is 1.74 bits per heavy atom. The minimum Gasteiger partial charge on any atom is -0.355 e. The normalized spacial score (nSPS) is 13.2. The van der Waals surface area contributed by atoms with Crippen molar-refractivity contribution in [2.75, 3.05) is 5.32 Å². The number of rotatable bonds is 4. The summed E-state index contributed by atoms with van der Waals surface area (Å²) in [6.07, 6.45) is 0. The topological polar surface area (TPSA) is 12.0 Å². The number of anilines is 2. The number of hydrogen-bond acceptors (Lipinski definition) is 1. The fourth-order valence-corrected chi connectivity index (χ4v) is 5.23. The Morgan fingerprint density at radius 1 is 0.441 bits per heavy atom. The lowest BCUT2D eigenvalue weighted by atomic mass is 9.81. The second-order valence-electron chi connectivity index (χ2n) is 9.58. The molecule has 5 aromatic carbocycles. The lowest BCUT2D eigenvalue weighted by Gasteiger charge is -2.22. The van der Waals surface area contributed by atoms with Crippen molar-refractivity contribution in [3.05, 3.63) is 132 Å². The van der Waals surface area contributed by atoms with Gasteiger partial charge in [-0.15, -0.1) is 0 Å². The largest absolute Gasteiger partial charge is 0.355 e. The van der Waals surface area contributed by atoms with Gasteiger partial charge in [-0.1, -0.05) is 105 Å². The van der Waals surface area contributed by atoms with Gasteiger partial charge in [0.2, 0.25) is 0 Å². The maximum atomic E-state index is 3.61. The molecule has 0 bridgehead atoms. The van der Waals surface area contributed by atoms with E-state index in [4.69, 9.17) is 0 Å². The average Bonchev–Trinajstić information content (AvgIpc) is 3.11. The van der Waals surface area contributed by atoms with Gasteiger partial charge in [0.25, 0.3) is 0 Å². The highest BCUT2D eigenvalue weighted by atomic mass is 14.9. The van der Waals surface area contributed by atoms with E-state index in [2.05, 4.69) is 140 Å². The molecule has 0 saturated heterocycles. The molecule has 0 radical (unpaired) electrons. The molecule has 0 aliphatic heterocycles. The van der Waals surface area contributed by atoms with Gasteiger partial charge in [0.05, 0.1) is 0 Å². The molecule has 0 unspecified atom stereocenters. The van der Waals surface area contributed by atoms with Crippen LogP contribution in [-0.4, -0.2) is 0 Å². The van der Waals surface area contributed by atoms with Gasteiger partial charge in [0, 0.05) is 16.8 Å². The maximum absolute atomic E-state index is 3.61. The third-order valence-corrected chi connectivity index (χ3v) is 7.04. The zero-order valence-corrected chi connectivity index (χ0v) is 19.5. The van der Waals surface area contributed by atoms with Gasteiger partial charge in [-0.05, 0) is 74.8 Å². The molecule has 0 spiro atoms. The summed E-state index contributed by atoms with van der Waals surface area (Å²) in [5.41, 5.74) is 12.6. The SMILES string of the molecule is CC1(C)c2ccccc2-c2ccc(-c3cccc(Nc4cccc(-c5ccccc5)c4)c3)cc21. The van der Waals surface area contributed by atoms with E-state index in [1.54, 1.807) is 0 Å². The van der Waals surface area contributed by atoms with Crippen LogP contribution in [0.15, 0.2) is 121 Å². The first-order valence-corrected chi connectivity index (χ1v) is 11.9. The Labute approximate surface area is 201 Å². The van der Waals surface area contributed by atoms with E-state index in [0.29, 0.717) is 0 Å². The molecule has 0 saturated carbocycles. The first kappa shape index (κ1) is 20.5. The van der Waals surface area contributed by atoms with Gasteiger partial charge >= 0.3 is 0 Å². The van der Waals surface area contributed by atoms with Gasteiger partial charge in [-0.3, -0.25) is 0 Å². The Hall–Kier alpha value is -4.10. The van der Waals surface area contributed by atoms with Crippen LogP contribution in [0.1, 0.15) is 25.0 Å². The highest BCUT2D eigenvalue weighted by molar-refractivity contribution is 5.84. The summed E-state index contributed by atoms with van der Waals surface area (Å²) in [6, 6.07) is 43.5. The van der Waals surface area contributed by atoms with Crippen LogP contribution in [0.2, 0.25) is 0 Å². The molecule has 0 amide bonds. The highest BCUT2D eigenvalue weighted by Gasteiger charge is 2.35. The standard InChI is InChI=1S/C33H27N/c1-33(2)31-17-7-6-16-29(31)30-19-18-26(22-32(30)33)25-13-9-15-28(21-25)34-27-14-8-12-24(20-27)23-10-4-3-5-11-23/h3-22,34H,1-2H3. The monoisotopic (exact) mass is 437 g/mol. The summed E-state index contributed by atoms with van der Waals surface area (Å²) in [4.78, 5) is 0. The molecule has 6 rings (SSSR count). The van der Waals surface area contributed by atoms with E-state index in [0.717, 1.165) is 11.4 Å². The summed E-state index contributed by atoms with van der Waals surface area (Å²) in [7, 11) is 0. The van der Waals surface area contributed by atoms with Crippen LogP contribution in [0.3, 0.4) is 0 Å². The van der Waals surface area contributed by atoms with E-state index in [-0.39, 0.29) is 5.41 Å². The van der Waals surface area contributed by atoms with Crippen molar-refractivity contribution in [2.24, 2.45) is 0 Å². The molecule has 1 aliphatic rings. The van der Waals surface area contributed by atoms with Gasteiger partial charge in [-0.25, -0.2) is 0 Å². The van der Waals surface area contributed by atoms with Crippen LogP contribution in [0.25, 0.3) is 33.4 Å². The molecule has 1 heteroatoms. The molecule has 1 nitrogen and oxygen atoms in total. The predicted molar refractivity (Wildman–Crippen MR) is 145 cm³/mol. The fraction of sp³-hybridized carbons (Fsp3) is 0.0909. The fourth-order valence-electron chi connectivity index (χ4n) is 5.23. The molecule has 1 aliphatic carbocycles. The molecular formula is C33H27N. The average molecular weight is 438 g/mol. The van der Waals surface area contributed by atoms with Crippen molar-refractivity contribution in [1.29, 1.82) is 0 Å². The third kappa shape index (κ3) is 3.50. The first-order valence-electron chi connectivity index (χ1n) is 11.9. The third-order valence-electron chi connectivity index (χ3n) is 7.04. The van der Waals surface area contributed by atoms with Crippen molar-refractivity contribution in [3.63, 3.8) is 0 Å². The Morgan fingerprint density at radius 2 is 1.00 bits per heavy atom. The van der Waals surface area contributed by atoms with Crippen LogP contribution in [0.5, 0.6) is 0 Å². The Balaban J connectivity index is 1.32. The highest BCUT2D eigenvalue weighted by Crippen LogP contribution is 2.49. The van der Waals surface area contributed by atoms with Crippen LogP contribution in [-0.2, 0) is 5.41 Å². The lowest BCUT2D eigenvalue weighted by Crippen LogP contribution is -2.14. The first-order chi connectivity index (χ1) is 16.6. The minimum atomic E-state index is 0.00960. The molecule has 0 fully saturated rings. The van der Waals surface area contributed by atoms with Gasteiger partial charge in [-0.2, -0.15) is 0 Å². The van der Waals surface area contributed by atoms with Crippen molar-refractivity contribution in [1.82, 2.24) is 0 Å². The summed E-state index contributed by atoms with van der Waals surface area (Å²) in [5, 5.41) is 3.61. The molecular weight excluding hydrogens is 410 g/mol. The van der Waals surface area contributed by atoms with Crippen LogP contribution in [0, 0.1) is 0 Å². The number of benzene rings is 5. The number of fused-ring (bicyclic) bond motifs is 3. The van der Waals surface area contributed by atoms with E-state index >= 15 is 0 Å². The van der Waals surface area contributed by atoms with Crippen molar-refractivity contribution in [3.8, 4) is 33.4 Å². The lowest BCUT2D eigenvalue weighted by molar-refractivity contribution is 0.660. The van der Waals surface area contributed by atoms with E-state index < -0.39 is 0 Å². The molecule has 5 aromatic rings. The molecule has 1 N–H and O–H groups in total. The molecule has 164 valence electrons. The summed E-state index contributed by atoms with van der Waals surface area (Å²) in [6.45, 7) is 4.66. The van der Waals surface area contributed by atoms with Crippen LogP contribution < -0.4 is 5.32 Å². The zero-order chi connectivity index (χ0) is 23.1. The second-order valence-corrected chi connectivity index (χ2v) is 9.58. The zero-order valence-electron chi connectivity index (χ0n) is 19.5.